The summed E-state index contributed by atoms with van der Waals surface area (Å²) >= 11 is 5.14. The molecule has 2 aliphatic rings. The fourth-order valence-electron chi connectivity index (χ4n) is 4.14. The van der Waals surface area contributed by atoms with E-state index in [9.17, 15) is 9.59 Å². The molecule has 200 valence electrons. The van der Waals surface area contributed by atoms with Crippen LogP contribution in [-0.4, -0.2) is 61.8 Å². The van der Waals surface area contributed by atoms with Gasteiger partial charge in [-0.15, -0.1) is 0 Å². The van der Waals surface area contributed by atoms with Gasteiger partial charge in [0.25, 0.3) is 11.1 Å². The summed E-state index contributed by atoms with van der Waals surface area (Å²) in [6.07, 6.45) is 12.5. The Labute approximate surface area is 234 Å². The molecule has 8 heteroatoms. The van der Waals surface area contributed by atoms with Crippen LogP contribution in [0.5, 0.6) is 0 Å². The molecule has 39 heavy (non-hydrogen) atoms. The topological polar surface area (TPSA) is 73.3 Å². The lowest BCUT2D eigenvalue weighted by Crippen LogP contribution is -2.33. The molecule has 1 aliphatic carbocycles. The zero-order chi connectivity index (χ0) is 28.1. The number of nitrogens with zero attached hydrogens (tertiary/aromatic N) is 3. The average Bonchev–Trinajstić information content (AvgIpc) is 3.19. The van der Waals surface area contributed by atoms with Crippen LogP contribution in [-0.2, 0) is 14.3 Å². The third-order valence-corrected chi connectivity index (χ3v) is 6.60. The van der Waals surface area contributed by atoms with Crippen LogP contribution in [0, 0.1) is 0 Å². The molecular formula is C31H31N3O4S. The van der Waals surface area contributed by atoms with E-state index < -0.39 is 18.4 Å². The van der Waals surface area contributed by atoms with Gasteiger partial charge in [-0.3, -0.25) is 14.5 Å². The van der Waals surface area contributed by atoms with E-state index >= 15 is 0 Å². The molecule has 1 amide bonds. The Kier molecular flexibility index (Phi) is 8.46. The summed E-state index contributed by atoms with van der Waals surface area (Å²) in [5, 5.41) is 9.01. The number of hydrogen-bond acceptors (Lipinski definition) is 6. The number of rotatable bonds is 8. The molecule has 4 rings (SSSR count). The number of ether oxygens (including phenoxy) is 1. The Morgan fingerprint density at radius 3 is 1.74 bits per heavy atom. The van der Waals surface area contributed by atoms with Crippen molar-refractivity contribution in [1.29, 1.82) is 0 Å². The molecule has 2 aromatic carbocycles. The number of aliphatic carboxylic acids is 1. The summed E-state index contributed by atoms with van der Waals surface area (Å²) in [6, 6.07) is 16.4. The van der Waals surface area contributed by atoms with Crippen molar-refractivity contribution in [1.82, 2.24) is 4.90 Å². The van der Waals surface area contributed by atoms with Gasteiger partial charge >= 0.3 is 5.97 Å². The second-order valence-corrected chi connectivity index (χ2v) is 10.0. The number of amides is 1. The highest BCUT2D eigenvalue weighted by Gasteiger charge is 2.36. The van der Waals surface area contributed by atoms with Crippen molar-refractivity contribution in [2.24, 2.45) is 0 Å². The molecule has 1 N–H and O–H groups in total. The molecule has 0 radical (unpaired) electrons. The highest BCUT2D eigenvalue weighted by atomic mass is 32.1. The Morgan fingerprint density at radius 1 is 0.872 bits per heavy atom. The second-order valence-electron chi connectivity index (χ2n) is 9.69. The third kappa shape index (κ3) is 6.91. The smallest absolute Gasteiger partial charge is 0.323 e. The highest BCUT2D eigenvalue weighted by molar-refractivity contribution is 7.80. The molecule has 7 nitrogen and oxygen atoms in total. The zero-order valence-electron chi connectivity index (χ0n) is 22.4. The normalized spacial score (nSPS) is 17.5. The van der Waals surface area contributed by atoms with Crippen molar-refractivity contribution in [2.45, 2.75) is 6.42 Å². The first-order valence-corrected chi connectivity index (χ1v) is 12.8. The second kappa shape index (κ2) is 12.0. The van der Waals surface area contributed by atoms with E-state index in [2.05, 4.69) is 48.5 Å². The van der Waals surface area contributed by atoms with Crippen LogP contribution in [0.25, 0.3) is 12.2 Å². The van der Waals surface area contributed by atoms with Crippen LogP contribution in [0.2, 0.25) is 0 Å². The van der Waals surface area contributed by atoms with Gasteiger partial charge < -0.3 is 19.6 Å². The molecule has 1 aliphatic heterocycles. The molecule has 1 heterocycles. The Balaban J connectivity index is 1.65. The van der Waals surface area contributed by atoms with Crippen LogP contribution >= 0.6 is 12.2 Å². The lowest BCUT2D eigenvalue weighted by atomic mass is 9.92. The highest BCUT2D eigenvalue weighted by Crippen LogP contribution is 2.30. The van der Waals surface area contributed by atoms with Gasteiger partial charge in [-0.2, -0.15) is 0 Å². The average molecular weight is 542 g/mol. The van der Waals surface area contributed by atoms with E-state index in [0.717, 1.165) is 38.5 Å². The number of anilines is 2. The van der Waals surface area contributed by atoms with Crippen molar-refractivity contribution in [3.05, 3.63) is 106 Å². The number of carboxylic acid groups (broad SMARTS) is 1. The SMILES string of the molecule is CN(C)c1ccc(/C=C\C2=CC(=C3OC(=S)N(CC(=O)O)C3=O)C=C(/C=C/c3ccc(N(C)C)cc3)C2)cc1. The largest absolute Gasteiger partial charge is 0.480 e. The number of benzene rings is 2. The number of carbonyl (C=O) groups is 2. The summed E-state index contributed by atoms with van der Waals surface area (Å²) in [4.78, 5) is 29.3. The van der Waals surface area contributed by atoms with Gasteiger partial charge in [-0.05, 0) is 77.3 Å². The molecule has 1 saturated heterocycles. The molecular weight excluding hydrogens is 510 g/mol. The summed E-state index contributed by atoms with van der Waals surface area (Å²) in [7, 11) is 8.00. The molecule has 0 atom stereocenters. The quantitative estimate of drug-likeness (QED) is 0.360. The Bertz CT molecular complexity index is 1350. The fraction of sp³-hybridized carbons (Fsp3) is 0.194. The molecule has 0 unspecified atom stereocenters. The van der Waals surface area contributed by atoms with Crippen LogP contribution in [0.1, 0.15) is 17.5 Å². The lowest BCUT2D eigenvalue weighted by molar-refractivity contribution is -0.140. The van der Waals surface area contributed by atoms with Crippen molar-refractivity contribution < 1.29 is 19.4 Å². The summed E-state index contributed by atoms with van der Waals surface area (Å²) in [5.74, 6) is -1.69. The first-order valence-electron chi connectivity index (χ1n) is 12.4. The Morgan fingerprint density at radius 2 is 1.33 bits per heavy atom. The maximum atomic E-state index is 13.0. The molecule has 1 fully saturated rings. The first-order chi connectivity index (χ1) is 18.6. The maximum absolute atomic E-state index is 13.0. The monoisotopic (exact) mass is 541 g/mol. The van der Waals surface area contributed by atoms with E-state index in [0.29, 0.717) is 12.0 Å². The molecule has 0 spiro atoms. The van der Waals surface area contributed by atoms with E-state index in [-0.39, 0.29) is 10.9 Å². The maximum Gasteiger partial charge on any atom is 0.323 e. The van der Waals surface area contributed by atoms with Gasteiger partial charge in [0.15, 0.2) is 0 Å². The standard InChI is InChI=1S/C31H31N3O4S/c1-32(2)26-13-9-21(10-14-26)5-7-23-17-24(8-6-22-11-15-27(16-12-22)33(3)4)19-25(18-23)29-30(37)34(20-28(35)36)31(39)38-29/h5-16,18-19H,17,20H2,1-4H3,(H,35,36)/b7-5-,8-6+,29-25?. The lowest BCUT2D eigenvalue weighted by Gasteiger charge is -2.14. The van der Waals surface area contributed by atoms with Gasteiger partial charge in [-0.1, -0.05) is 48.6 Å². The van der Waals surface area contributed by atoms with Crippen LogP contribution in [0.3, 0.4) is 0 Å². The fourth-order valence-corrected chi connectivity index (χ4v) is 4.37. The third-order valence-electron chi connectivity index (χ3n) is 6.29. The zero-order valence-corrected chi connectivity index (χ0v) is 23.2. The Hall–Kier alpha value is -4.43. The summed E-state index contributed by atoms with van der Waals surface area (Å²) in [5.41, 5.74) is 6.81. The van der Waals surface area contributed by atoms with Crippen molar-refractivity contribution in [3.63, 3.8) is 0 Å². The summed E-state index contributed by atoms with van der Waals surface area (Å²) < 4.78 is 5.60. The van der Waals surface area contributed by atoms with E-state index in [1.54, 1.807) is 0 Å². The number of carboxylic acids is 1. The predicted molar refractivity (Wildman–Crippen MR) is 160 cm³/mol. The summed E-state index contributed by atoms with van der Waals surface area (Å²) in [6.45, 7) is -0.548. The number of hydrogen-bond donors (Lipinski definition) is 1. The van der Waals surface area contributed by atoms with Crippen LogP contribution < -0.4 is 9.80 Å². The van der Waals surface area contributed by atoms with Gasteiger partial charge in [0.05, 0.1) is 0 Å². The minimum atomic E-state index is -1.16. The van der Waals surface area contributed by atoms with E-state index in [1.165, 1.54) is 0 Å². The molecule has 2 aromatic rings. The molecule has 0 saturated carbocycles. The van der Waals surface area contributed by atoms with Crippen molar-refractivity contribution >= 4 is 52.8 Å². The van der Waals surface area contributed by atoms with Gasteiger partial charge in [0, 0.05) is 45.1 Å². The number of carbonyl (C=O) groups excluding carboxylic acids is 1. The van der Waals surface area contributed by atoms with E-state index in [4.69, 9.17) is 22.1 Å². The van der Waals surface area contributed by atoms with Crippen LogP contribution in [0.4, 0.5) is 11.4 Å². The minimum Gasteiger partial charge on any atom is -0.480 e. The van der Waals surface area contributed by atoms with Crippen molar-refractivity contribution in [3.8, 4) is 0 Å². The van der Waals surface area contributed by atoms with Gasteiger partial charge in [-0.25, -0.2) is 0 Å². The molecule has 0 bridgehead atoms. The first kappa shape index (κ1) is 27.6. The molecule has 0 aromatic heterocycles. The van der Waals surface area contributed by atoms with Crippen molar-refractivity contribution in [2.75, 3.05) is 44.5 Å². The number of thiocarbonyl (C=S) groups is 1. The predicted octanol–water partition coefficient (Wildman–Crippen LogP) is 5.28. The van der Waals surface area contributed by atoms with E-state index in [1.807, 2.05) is 74.4 Å². The number of allylic oxidation sites excluding steroid dienone is 7. The van der Waals surface area contributed by atoms with Gasteiger partial charge in [0.2, 0.25) is 5.76 Å². The van der Waals surface area contributed by atoms with Crippen LogP contribution in [0.15, 0.2) is 95.3 Å². The minimum absolute atomic E-state index is 0.0309. The van der Waals surface area contributed by atoms with Gasteiger partial charge in [0.1, 0.15) is 6.54 Å².